The fourth-order valence-electron chi connectivity index (χ4n) is 3.11. The number of aryl methyl sites for hydroxylation is 1. The molecule has 7 nitrogen and oxygen atoms in total. The Balaban J connectivity index is 2.42. The van der Waals surface area contributed by atoms with Crippen LogP contribution in [-0.4, -0.2) is 50.5 Å². The van der Waals surface area contributed by atoms with Gasteiger partial charge in [0.1, 0.15) is 12.6 Å². The third-order valence-electron chi connectivity index (χ3n) is 4.93. The molecule has 2 aromatic rings. The normalized spacial score (nSPS) is 12.2. The van der Waals surface area contributed by atoms with Crippen molar-refractivity contribution < 1.29 is 18.0 Å². The van der Waals surface area contributed by atoms with Crippen molar-refractivity contribution in [3.8, 4) is 0 Å². The molecule has 0 fully saturated rings. The average Bonchev–Trinajstić information content (AvgIpc) is 2.72. The smallest absolute Gasteiger partial charge is 0.244 e. The summed E-state index contributed by atoms with van der Waals surface area (Å²) < 4.78 is 27.0. The van der Waals surface area contributed by atoms with Crippen LogP contribution in [0.15, 0.2) is 46.9 Å². The van der Waals surface area contributed by atoms with Gasteiger partial charge >= 0.3 is 0 Å². The van der Waals surface area contributed by atoms with E-state index < -0.39 is 28.5 Å². The van der Waals surface area contributed by atoms with Gasteiger partial charge in [-0.3, -0.25) is 13.9 Å². The molecule has 1 N–H and O–H groups in total. The monoisotopic (exact) mass is 543 g/mol. The van der Waals surface area contributed by atoms with Crippen molar-refractivity contribution in [3.63, 3.8) is 0 Å². The number of rotatable bonds is 9. The second kappa shape index (κ2) is 11.2. The Morgan fingerprint density at radius 2 is 1.84 bits per heavy atom. The van der Waals surface area contributed by atoms with Crippen molar-refractivity contribution in [1.82, 2.24) is 10.2 Å². The highest BCUT2D eigenvalue weighted by Crippen LogP contribution is 2.25. The Morgan fingerprint density at radius 1 is 1.19 bits per heavy atom. The number of benzene rings is 2. The maximum Gasteiger partial charge on any atom is 0.244 e. The molecule has 0 saturated carbocycles. The summed E-state index contributed by atoms with van der Waals surface area (Å²) in [6.07, 6.45) is 1.04. The summed E-state index contributed by atoms with van der Waals surface area (Å²) in [5.41, 5.74) is 1.85. The van der Waals surface area contributed by atoms with E-state index in [4.69, 9.17) is 11.6 Å². The van der Waals surface area contributed by atoms with E-state index in [1.54, 1.807) is 56.3 Å². The molecule has 0 aliphatic heterocycles. The highest BCUT2D eigenvalue weighted by Gasteiger charge is 2.30. The highest BCUT2D eigenvalue weighted by molar-refractivity contribution is 9.10. The minimum atomic E-state index is -3.77. The molecule has 0 unspecified atom stereocenters. The summed E-state index contributed by atoms with van der Waals surface area (Å²) in [5, 5.41) is 3.16. The standard InChI is InChI=1S/C22H27BrClN3O4S/c1-5-25-22(29)16(3)26(13-17-8-6-7-9-20(17)24)21(28)14-27(32(4,30)31)18-10-11-19(23)15(2)12-18/h6-12,16H,5,13-14H2,1-4H3,(H,25,29)/t16-/m1/s1. The molecule has 0 aliphatic rings. The van der Waals surface area contributed by atoms with Gasteiger partial charge in [-0.25, -0.2) is 8.42 Å². The lowest BCUT2D eigenvalue weighted by atomic mass is 10.1. The number of nitrogens with one attached hydrogen (secondary N) is 1. The summed E-state index contributed by atoms with van der Waals surface area (Å²) >= 11 is 9.67. The number of hydrogen-bond donors (Lipinski definition) is 1. The average molecular weight is 545 g/mol. The lowest BCUT2D eigenvalue weighted by Gasteiger charge is -2.31. The summed E-state index contributed by atoms with van der Waals surface area (Å²) in [6.45, 7) is 5.24. The number of carbonyl (C=O) groups excluding carboxylic acids is 2. The number of likely N-dealkylation sites (N-methyl/N-ethyl adjacent to an activating group) is 1. The zero-order valence-electron chi connectivity index (χ0n) is 18.4. The maximum absolute atomic E-state index is 13.4. The lowest BCUT2D eigenvalue weighted by Crippen LogP contribution is -2.51. The number of sulfonamides is 1. The first-order chi connectivity index (χ1) is 15.0. The predicted molar refractivity (Wildman–Crippen MR) is 131 cm³/mol. The molecular weight excluding hydrogens is 518 g/mol. The molecule has 0 bridgehead atoms. The van der Waals surface area contributed by atoms with Crippen LogP contribution in [0.2, 0.25) is 5.02 Å². The Kier molecular flexibility index (Phi) is 9.12. The Bertz CT molecular complexity index is 1090. The fraction of sp³-hybridized carbons (Fsp3) is 0.364. The third-order valence-corrected chi connectivity index (χ3v) is 7.32. The van der Waals surface area contributed by atoms with Gasteiger partial charge in [-0.05, 0) is 56.2 Å². The van der Waals surface area contributed by atoms with Gasteiger partial charge in [0.05, 0.1) is 11.9 Å². The van der Waals surface area contributed by atoms with Crippen LogP contribution in [0.1, 0.15) is 25.0 Å². The molecule has 0 aromatic heterocycles. The molecule has 174 valence electrons. The number of hydrogen-bond acceptors (Lipinski definition) is 4. The topological polar surface area (TPSA) is 86.8 Å². The van der Waals surface area contributed by atoms with Crippen LogP contribution in [0.3, 0.4) is 0 Å². The van der Waals surface area contributed by atoms with Crippen LogP contribution >= 0.6 is 27.5 Å². The third kappa shape index (κ3) is 6.70. The van der Waals surface area contributed by atoms with Crippen molar-refractivity contribution in [1.29, 1.82) is 0 Å². The number of nitrogens with zero attached hydrogens (tertiary/aromatic N) is 2. The van der Waals surface area contributed by atoms with Gasteiger partial charge in [-0.15, -0.1) is 0 Å². The summed E-state index contributed by atoms with van der Waals surface area (Å²) in [4.78, 5) is 27.2. The van der Waals surface area contributed by atoms with Gasteiger partial charge in [0.25, 0.3) is 0 Å². The van der Waals surface area contributed by atoms with Crippen molar-refractivity contribution in [2.24, 2.45) is 0 Å². The number of halogens is 2. The van der Waals surface area contributed by atoms with Gasteiger partial charge in [-0.1, -0.05) is 45.7 Å². The number of carbonyl (C=O) groups is 2. The molecule has 0 heterocycles. The molecule has 0 saturated heterocycles. The second-order valence-electron chi connectivity index (χ2n) is 7.39. The van der Waals surface area contributed by atoms with E-state index in [1.165, 1.54) is 4.90 Å². The van der Waals surface area contributed by atoms with E-state index in [9.17, 15) is 18.0 Å². The van der Waals surface area contributed by atoms with Crippen LogP contribution < -0.4 is 9.62 Å². The zero-order valence-corrected chi connectivity index (χ0v) is 21.6. The SMILES string of the molecule is CCNC(=O)[C@@H](C)N(Cc1ccccc1Cl)C(=O)CN(c1ccc(Br)c(C)c1)S(C)(=O)=O. The second-order valence-corrected chi connectivity index (χ2v) is 10.6. The minimum Gasteiger partial charge on any atom is -0.355 e. The first-order valence-corrected chi connectivity index (χ1v) is 13.0. The van der Waals surface area contributed by atoms with Crippen LogP contribution in [-0.2, 0) is 26.2 Å². The van der Waals surface area contributed by atoms with Gasteiger partial charge in [0.15, 0.2) is 0 Å². The fourth-order valence-corrected chi connectivity index (χ4v) is 4.40. The van der Waals surface area contributed by atoms with E-state index >= 15 is 0 Å². The molecule has 0 spiro atoms. The Hall–Kier alpha value is -2.10. The highest BCUT2D eigenvalue weighted by atomic mass is 79.9. The van der Waals surface area contributed by atoms with E-state index in [1.807, 2.05) is 6.92 Å². The summed E-state index contributed by atoms with van der Waals surface area (Å²) in [6, 6.07) is 11.2. The van der Waals surface area contributed by atoms with E-state index in [-0.39, 0.29) is 12.5 Å². The minimum absolute atomic E-state index is 0.0633. The van der Waals surface area contributed by atoms with Crippen molar-refractivity contribution >= 4 is 55.1 Å². The summed E-state index contributed by atoms with van der Waals surface area (Å²) in [5.74, 6) is -0.854. The van der Waals surface area contributed by atoms with Crippen molar-refractivity contribution in [2.75, 3.05) is 23.7 Å². The van der Waals surface area contributed by atoms with Gasteiger partial charge in [-0.2, -0.15) is 0 Å². The van der Waals surface area contributed by atoms with Gasteiger partial charge < -0.3 is 10.2 Å². The van der Waals surface area contributed by atoms with Crippen LogP contribution in [0.4, 0.5) is 5.69 Å². The molecule has 1 atom stereocenters. The molecule has 32 heavy (non-hydrogen) atoms. The van der Waals surface area contributed by atoms with E-state index in [0.717, 1.165) is 20.6 Å². The molecule has 2 rings (SSSR count). The molecule has 2 aromatic carbocycles. The van der Waals surface area contributed by atoms with Crippen molar-refractivity contribution in [3.05, 3.63) is 63.1 Å². The first kappa shape index (κ1) is 26.2. The summed E-state index contributed by atoms with van der Waals surface area (Å²) in [7, 11) is -3.77. The molecule has 0 radical (unpaired) electrons. The molecule has 10 heteroatoms. The maximum atomic E-state index is 13.4. The zero-order chi connectivity index (χ0) is 24.1. The number of anilines is 1. The van der Waals surface area contributed by atoms with Crippen LogP contribution in [0, 0.1) is 6.92 Å². The van der Waals surface area contributed by atoms with Gasteiger partial charge in [0.2, 0.25) is 21.8 Å². The quantitative estimate of drug-likeness (QED) is 0.521. The molecule has 2 amide bonds. The Labute approximate surface area is 202 Å². The Morgan fingerprint density at radius 3 is 2.41 bits per heavy atom. The largest absolute Gasteiger partial charge is 0.355 e. The van der Waals surface area contributed by atoms with E-state index in [2.05, 4.69) is 21.2 Å². The van der Waals surface area contributed by atoms with Crippen LogP contribution in [0.25, 0.3) is 0 Å². The molecule has 0 aliphatic carbocycles. The van der Waals surface area contributed by atoms with Crippen molar-refractivity contribution in [2.45, 2.75) is 33.4 Å². The lowest BCUT2D eigenvalue weighted by molar-refractivity contribution is -0.139. The first-order valence-electron chi connectivity index (χ1n) is 10.00. The van der Waals surface area contributed by atoms with Gasteiger partial charge in [0, 0.05) is 22.6 Å². The van der Waals surface area contributed by atoms with E-state index in [0.29, 0.717) is 22.8 Å². The molecular formula is C22H27BrClN3O4S. The number of amides is 2. The predicted octanol–water partition coefficient (Wildman–Crippen LogP) is 3.73. The van der Waals surface area contributed by atoms with Crippen LogP contribution in [0.5, 0.6) is 0 Å².